The number of benzene rings is 1. The Labute approximate surface area is 163 Å². The van der Waals surface area contributed by atoms with Gasteiger partial charge in [-0.3, -0.25) is 9.48 Å². The maximum absolute atomic E-state index is 13.1. The molecule has 4 rings (SSSR count). The first-order chi connectivity index (χ1) is 13.1. The van der Waals surface area contributed by atoms with E-state index in [1.165, 1.54) is 12.1 Å². The third-order valence-electron chi connectivity index (χ3n) is 4.23. The van der Waals surface area contributed by atoms with Crippen molar-refractivity contribution in [2.45, 2.75) is 6.04 Å². The average Bonchev–Trinajstić information content (AvgIpc) is 3.42. The SMILES string of the molecule is Cn1nc(-c2ccc(F)cc2)cc1C(=O)N[C@H](c1ccsc1)c1cccs1. The summed E-state index contributed by atoms with van der Waals surface area (Å²) in [5, 5.41) is 13.5. The summed E-state index contributed by atoms with van der Waals surface area (Å²) in [5.74, 6) is -0.509. The molecule has 0 bridgehead atoms. The molecule has 7 heteroatoms. The van der Waals surface area contributed by atoms with Crippen LogP contribution in [0.4, 0.5) is 4.39 Å². The minimum absolute atomic E-state index is 0.201. The molecule has 0 radical (unpaired) electrons. The predicted molar refractivity (Wildman–Crippen MR) is 107 cm³/mol. The van der Waals surface area contributed by atoms with Crippen LogP contribution in [0.25, 0.3) is 11.3 Å². The molecule has 27 heavy (non-hydrogen) atoms. The minimum Gasteiger partial charge on any atom is -0.339 e. The van der Waals surface area contributed by atoms with E-state index in [2.05, 4.69) is 10.4 Å². The lowest BCUT2D eigenvalue weighted by molar-refractivity contribution is 0.0934. The topological polar surface area (TPSA) is 46.9 Å². The first-order valence-corrected chi connectivity index (χ1v) is 10.1. The highest BCUT2D eigenvalue weighted by Gasteiger charge is 2.22. The summed E-state index contributed by atoms with van der Waals surface area (Å²) in [6.07, 6.45) is 0. The lowest BCUT2D eigenvalue weighted by atomic mass is 10.1. The van der Waals surface area contributed by atoms with Gasteiger partial charge in [0.2, 0.25) is 0 Å². The van der Waals surface area contributed by atoms with Crippen LogP contribution >= 0.6 is 22.7 Å². The second kappa shape index (κ2) is 7.46. The highest BCUT2D eigenvalue weighted by Crippen LogP contribution is 2.28. The molecule has 0 unspecified atom stereocenters. The number of nitrogens with one attached hydrogen (secondary N) is 1. The van der Waals surface area contributed by atoms with Gasteiger partial charge in [0.05, 0.1) is 11.7 Å². The standard InChI is InChI=1S/C20H16FN3OS2/c1-24-17(11-16(23-24)13-4-6-15(21)7-5-13)20(25)22-19(14-8-10-26-12-14)18-3-2-9-27-18/h2-12,19H,1H3,(H,22,25)/t19-/m1/s1. The molecule has 4 aromatic rings. The van der Waals surface area contributed by atoms with Gasteiger partial charge in [0.15, 0.2) is 0 Å². The third kappa shape index (κ3) is 3.70. The Morgan fingerprint density at radius 1 is 1.19 bits per heavy atom. The van der Waals surface area contributed by atoms with Crippen molar-refractivity contribution < 1.29 is 9.18 Å². The molecule has 1 amide bonds. The maximum Gasteiger partial charge on any atom is 0.270 e. The number of thiophene rings is 2. The van der Waals surface area contributed by atoms with E-state index in [1.807, 2.05) is 34.3 Å². The summed E-state index contributed by atoms with van der Waals surface area (Å²) in [7, 11) is 1.73. The molecule has 0 saturated carbocycles. The lowest BCUT2D eigenvalue weighted by Crippen LogP contribution is -2.30. The number of aryl methyl sites for hydroxylation is 1. The van der Waals surface area contributed by atoms with Crippen molar-refractivity contribution in [3.05, 3.63) is 86.6 Å². The van der Waals surface area contributed by atoms with Crippen molar-refractivity contribution in [2.24, 2.45) is 7.05 Å². The van der Waals surface area contributed by atoms with E-state index in [1.54, 1.807) is 52.6 Å². The number of hydrogen-bond acceptors (Lipinski definition) is 4. The van der Waals surface area contributed by atoms with Crippen LogP contribution in [0.1, 0.15) is 27.0 Å². The molecule has 0 aliphatic rings. The first-order valence-electron chi connectivity index (χ1n) is 8.28. The zero-order valence-electron chi connectivity index (χ0n) is 14.4. The Bertz CT molecular complexity index is 1000. The van der Waals surface area contributed by atoms with Crippen LogP contribution in [-0.2, 0) is 7.05 Å². The monoisotopic (exact) mass is 397 g/mol. The highest BCUT2D eigenvalue weighted by molar-refractivity contribution is 7.10. The molecule has 0 spiro atoms. The normalized spacial score (nSPS) is 12.1. The van der Waals surface area contributed by atoms with E-state index in [4.69, 9.17) is 0 Å². The van der Waals surface area contributed by atoms with E-state index in [0.29, 0.717) is 11.4 Å². The third-order valence-corrected chi connectivity index (χ3v) is 5.87. The van der Waals surface area contributed by atoms with E-state index < -0.39 is 0 Å². The van der Waals surface area contributed by atoms with Gasteiger partial charge in [0.25, 0.3) is 5.91 Å². The van der Waals surface area contributed by atoms with E-state index in [9.17, 15) is 9.18 Å². The van der Waals surface area contributed by atoms with Gasteiger partial charge in [0, 0.05) is 17.5 Å². The molecule has 1 N–H and O–H groups in total. The quantitative estimate of drug-likeness (QED) is 0.522. The fraction of sp³-hybridized carbons (Fsp3) is 0.100. The second-order valence-corrected chi connectivity index (χ2v) is 7.78. The molecule has 0 aliphatic heterocycles. The second-order valence-electron chi connectivity index (χ2n) is 6.02. The van der Waals surface area contributed by atoms with Gasteiger partial charge in [-0.25, -0.2) is 4.39 Å². The van der Waals surface area contributed by atoms with Crippen LogP contribution in [0.15, 0.2) is 64.7 Å². The Morgan fingerprint density at radius 3 is 2.67 bits per heavy atom. The van der Waals surface area contributed by atoms with Crippen molar-refractivity contribution in [1.29, 1.82) is 0 Å². The predicted octanol–water partition coefficient (Wildman–Crippen LogP) is 4.87. The zero-order chi connectivity index (χ0) is 18.8. The highest BCUT2D eigenvalue weighted by atomic mass is 32.1. The van der Waals surface area contributed by atoms with Gasteiger partial charge in [-0.2, -0.15) is 16.4 Å². The molecule has 1 atom stereocenters. The van der Waals surface area contributed by atoms with Crippen molar-refractivity contribution in [3.63, 3.8) is 0 Å². The van der Waals surface area contributed by atoms with Gasteiger partial charge in [0.1, 0.15) is 11.5 Å². The van der Waals surface area contributed by atoms with Crippen LogP contribution in [0.3, 0.4) is 0 Å². The van der Waals surface area contributed by atoms with Gasteiger partial charge >= 0.3 is 0 Å². The minimum atomic E-state index is -0.304. The van der Waals surface area contributed by atoms with Crippen LogP contribution in [0.2, 0.25) is 0 Å². The molecule has 136 valence electrons. The fourth-order valence-corrected chi connectivity index (χ4v) is 4.35. The van der Waals surface area contributed by atoms with Crippen LogP contribution < -0.4 is 5.32 Å². The molecular formula is C20H16FN3OS2. The molecular weight excluding hydrogens is 381 g/mol. The van der Waals surface area contributed by atoms with E-state index in [0.717, 1.165) is 16.0 Å². The molecule has 3 heterocycles. The summed E-state index contributed by atoms with van der Waals surface area (Å²) >= 11 is 3.20. The Morgan fingerprint density at radius 2 is 2.00 bits per heavy atom. The maximum atomic E-state index is 13.1. The Balaban J connectivity index is 1.61. The summed E-state index contributed by atoms with van der Waals surface area (Å²) in [5.41, 5.74) is 2.90. The van der Waals surface area contributed by atoms with Crippen LogP contribution in [-0.4, -0.2) is 15.7 Å². The van der Waals surface area contributed by atoms with Crippen molar-refractivity contribution >= 4 is 28.6 Å². The number of carbonyl (C=O) groups excluding carboxylic acids is 1. The first kappa shape index (κ1) is 17.6. The summed E-state index contributed by atoms with van der Waals surface area (Å²) in [4.78, 5) is 14.0. The van der Waals surface area contributed by atoms with Gasteiger partial charge in [-0.05, 0) is 64.2 Å². The largest absolute Gasteiger partial charge is 0.339 e. The van der Waals surface area contributed by atoms with Gasteiger partial charge < -0.3 is 5.32 Å². The summed E-state index contributed by atoms with van der Waals surface area (Å²) in [6.45, 7) is 0. The van der Waals surface area contributed by atoms with Gasteiger partial charge in [-0.1, -0.05) is 6.07 Å². The van der Waals surface area contributed by atoms with Crippen molar-refractivity contribution in [2.75, 3.05) is 0 Å². The van der Waals surface area contributed by atoms with Gasteiger partial charge in [-0.15, -0.1) is 11.3 Å². The fourth-order valence-electron chi connectivity index (χ4n) is 2.86. The molecule has 4 nitrogen and oxygen atoms in total. The Hall–Kier alpha value is -2.77. The number of halogens is 1. The average molecular weight is 398 g/mol. The molecule has 1 aromatic carbocycles. The smallest absolute Gasteiger partial charge is 0.270 e. The molecule has 0 aliphatic carbocycles. The number of rotatable bonds is 5. The molecule has 0 saturated heterocycles. The number of hydrogen-bond donors (Lipinski definition) is 1. The van der Waals surface area contributed by atoms with Crippen LogP contribution in [0.5, 0.6) is 0 Å². The molecule has 3 aromatic heterocycles. The van der Waals surface area contributed by atoms with Crippen LogP contribution in [0, 0.1) is 5.82 Å². The van der Waals surface area contributed by atoms with Crippen molar-refractivity contribution in [3.8, 4) is 11.3 Å². The Kier molecular flexibility index (Phi) is 4.87. The summed E-state index contributed by atoms with van der Waals surface area (Å²) < 4.78 is 14.7. The summed E-state index contributed by atoms with van der Waals surface area (Å²) in [6, 6.07) is 13.6. The lowest BCUT2D eigenvalue weighted by Gasteiger charge is -2.16. The molecule has 0 fully saturated rings. The van der Waals surface area contributed by atoms with Crippen molar-refractivity contribution in [1.82, 2.24) is 15.1 Å². The number of nitrogens with zero attached hydrogens (tertiary/aromatic N) is 2. The van der Waals surface area contributed by atoms with E-state index in [-0.39, 0.29) is 17.8 Å². The van der Waals surface area contributed by atoms with E-state index >= 15 is 0 Å². The number of carbonyl (C=O) groups is 1. The number of amides is 1. The zero-order valence-corrected chi connectivity index (χ0v) is 16.1. The number of aromatic nitrogens is 2.